The maximum atomic E-state index is 12.2. The normalized spacial score (nSPS) is 16.5. The molecule has 1 saturated heterocycles. The van der Waals surface area contributed by atoms with Crippen molar-refractivity contribution in [2.24, 2.45) is 5.92 Å². The number of aromatic nitrogens is 4. The smallest absolute Gasteiger partial charge is 0.220 e. The van der Waals surface area contributed by atoms with Crippen molar-refractivity contribution in [1.29, 1.82) is 0 Å². The number of benzene rings is 1. The van der Waals surface area contributed by atoms with Gasteiger partial charge in [0.25, 0.3) is 0 Å². The first kappa shape index (κ1) is 17.5. The van der Waals surface area contributed by atoms with E-state index in [9.17, 15) is 4.79 Å². The summed E-state index contributed by atoms with van der Waals surface area (Å²) in [6.45, 7) is 3.62. The topological polar surface area (TPSA) is 81.9 Å². The molecule has 0 bridgehead atoms. The number of ether oxygens (including phenoxy) is 1. The standard InChI is InChI=1S/C18H25N5O2/c1-14(18-20-21-22-23(18)16-7-3-2-4-8-16)19-17(24)9-5-6-15-10-12-25-13-11-15/h2-4,7-8,14-15H,5-6,9-13H2,1H3,(H,19,24)/t14-/m1/s1. The van der Waals surface area contributed by atoms with Gasteiger partial charge in [-0.05, 0) is 61.1 Å². The van der Waals surface area contributed by atoms with Gasteiger partial charge in [-0.15, -0.1) is 5.10 Å². The van der Waals surface area contributed by atoms with E-state index in [0.29, 0.717) is 18.2 Å². The van der Waals surface area contributed by atoms with Crippen LogP contribution in [0.1, 0.15) is 50.9 Å². The fourth-order valence-electron chi connectivity index (χ4n) is 3.18. The molecule has 1 fully saturated rings. The second kappa shape index (κ2) is 8.71. The van der Waals surface area contributed by atoms with Crippen molar-refractivity contribution in [3.63, 3.8) is 0 Å². The number of nitrogens with one attached hydrogen (secondary N) is 1. The summed E-state index contributed by atoms with van der Waals surface area (Å²) in [6.07, 6.45) is 4.77. The van der Waals surface area contributed by atoms with Crippen molar-refractivity contribution in [3.8, 4) is 5.69 Å². The number of rotatable bonds is 7. The van der Waals surface area contributed by atoms with Crippen LogP contribution in [0.15, 0.2) is 30.3 Å². The number of hydrogen-bond donors (Lipinski definition) is 1. The molecule has 2 heterocycles. The molecule has 0 radical (unpaired) electrons. The van der Waals surface area contributed by atoms with Gasteiger partial charge in [0.15, 0.2) is 5.82 Å². The first-order valence-corrected chi connectivity index (χ1v) is 8.95. The third-order valence-electron chi connectivity index (χ3n) is 4.62. The first-order valence-electron chi connectivity index (χ1n) is 8.95. The summed E-state index contributed by atoms with van der Waals surface area (Å²) in [4.78, 5) is 12.2. The quantitative estimate of drug-likeness (QED) is 0.835. The Bertz CT molecular complexity index is 667. The summed E-state index contributed by atoms with van der Waals surface area (Å²) in [5.74, 6) is 1.37. The van der Waals surface area contributed by atoms with Crippen LogP contribution in [0.5, 0.6) is 0 Å². The lowest BCUT2D eigenvalue weighted by Crippen LogP contribution is -2.28. The summed E-state index contributed by atoms with van der Waals surface area (Å²) < 4.78 is 7.03. The molecule has 2 aromatic rings. The van der Waals surface area contributed by atoms with E-state index >= 15 is 0 Å². The van der Waals surface area contributed by atoms with E-state index in [4.69, 9.17) is 4.74 Å². The molecule has 1 aliphatic rings. The van der Waals surface area contributed by atoms with Crippen LogP contribution in [0.25, 0.3) is 5.69 Å². The van der Waals surface area contributed by atoms with Crippen molar-refractivity contribution in [2.75, 3.05) is 13.2 Å². The zero-order valence-electron chi connectivity index (χ0n) is 14.6. The monoisotopic (exact) mass is 343 g/mol. The molecule has 1 aromatic heterocycles. The lowest BCUT2D eigenvalue weighted by molar-refractivity contribution is -0.122. The highest BCUT2D eigenvalue weighted by Crippen LogP contribution is 2.21. The number of nitrogens with zero attached hydrogens (tertiary/aromatic N) is 4. The zero-order valence-corrected chi connectivity index (χ0v) is 14.6. The predicted octanol–water partition coefficient (Wildman–Crippen LogP) is 2.44. The number of tetrazole rings is 1. The van der Waals surface area contributed by atoms with E-state index in [1.165, 1.54) is 0 Å². The van der Waals surface area contributed by atoms with Gasteiger partial charge in [-0.25, -0.2) is 0 Å². The Morgan fingerprint density at radius 3 is 2.84 bits per heavy atom. The lowest BCUT2D eigenvalue weighted by atomic mass is 9.94. The van der Waals surface area contributed by atoms with Crippen molar-refractivity contribution in [2.45, 2.75) is 45.1 Å². The number of carbonyl (C=O) groups excluding carboxylic acids is 1. The summed E-state index contributed by atoms with van der Waals surface area (Å²) in [5.41, 5.74) is 0.878. The van der Waals surface area contributed by atoms with Crippen LogP contribution >= 0.6 is 0 Å². The third kappa shape index (κ3) is 4.85. The van der Waals surface area contributed by atoms with E-state index in [1.807, 2.05) is 37.3 Å². The van der Waals surface area contributed by atoms with Crippen LogP contribution < -0.4 is 5.32 Å². The molecule has 7 heteroatoms. The Kier molecular flexibility index (Phi) is 6.11. The summed E-state index contributed by atoms with van der Waals surface area (Å²) in [7, 11) is 0. The molecule has 7 nitrogen and oxygen atoms in total. The molecule has 25 heavy (non-hydrogen) atoms. The highest BCUT2D eigenvalue weighted by Gasteiger charge is 2.18. The molecular formula is C18H25N5O2. The van der Waals surface area contributed by atoms with Crippen LogP contribution in [0.4, 0.5) is 0 Å². The summed E-state index contributed by atoms with van der Waals surface area (Å²) in [5, 5.41) is 14.9. The van der Waals surface area contributed by atoms with Gasteiger partial charge < -0.3 is 10.1 Å². The minimum absolute atomic E-state index is 0.0437. The lowest BCUT2D eigenvalue weighted by Gasteiger charge is -2.21. The van der Waals surface area contributed by atoms with Gasteiger partial charge in [0.2, 0.25) is 5.91 Å². The average molecular weight is 343 g/mol. The Morgan fingerprint density at radius 1 is 1.32 bits per heavy atom. The van der Waals surface area contributed by atoms with E-state index in [0.717, 1.165) is 44.6 Å². The maximum Gasteiger partial charge on any atom is 0.220 e. The molecule has 1 amide bonds. The van der Waals surface area contributed by atoms with Gasteiger partial charge in [-0.3, -0.25) is 4.79 Å². The highest BCUT2D eigenvalue weighted by molar-refractivity contribution is 5.76. The van der Waals surface area contributed by atoms with Crippen molar-refractivity contribution in [3.05, 3.63) is 36.2 Å². The summed E-state index contributed by atoms with van der Waals surface area (Å²) >= 11 is 0. The molecule has 1 atom stereocenters. The average Bonchev–Trinajstić information content (AvgIpc) is 3.13. The van der Waals surface area contributed by atoms with Crippen LogP contribution in [0.3, 0.4) is 0 Å². The van der Waals surface area contributed by atoms with Gasteiger partial charge in [0, 0.05) is 19.6 Å². The summed E-state index contributed by atoms with van der Waals surface area (Å²) in [6, 6.07) is 9.42. The largest absolute Gasteiger partial charge is 0.381 e. The molecule has 0 saturated carbocycles. The second-order valence-electron chi connectivity index (χ2n) is 6.52. The predicted molar refractivity (Wildman–Crippen MR) is 93.1 cm³/mol. The molecule has 1 aromatic carbocycles. The molecule has 1 N–H and O–H groups in total. The number of hydrogen-bond acceptors (Lipinski definition) is 5. The fraction of sp³-hybridized carbons (Fsp3) is 0.556. The Morgan fingerprint density at radius 2 is 2.08 bits per heavy atom. The Balaban J connectivity index is 1.49. The zero-order chi connectivity index (χ0) is 17.5. The third-order valence-corrected chi connectivity index (χ3v) is 4.62. The molecule has 3 rings (SSSR count). The molecular weight excluding hydrogens is 318 g/mol. The minimum Gasteiger partial charge on any atom is -0.381 e. The van der Waals surface area contributed by atoms with E-state index in [2.05, 4.69) is 20.8 Å². The van der Waals surface area contributed by atoms with Gasteiger partial charge >= 0.3 is 0 Å². The van der Waals surface area contributed by atoms with Crippen molar-refractivity contribution >= 4 is 5.91 Å². The minimum atomic E-state index is -0.245. The van der Waals surface area contributed by atoms with E-state index in [1.54, 1.807) is 4.68 Å². The Hall–Kier alpha value is -2.28. The van der Waals surface area contributed by atoms with Gasteiger partial charge in [0.1, 0.15) is 0 Å². The van der Waals surface area contributed by atoms with Crippen molar-refractivity contribution in [1.82, 2.24) is 25.5 Å². The highest BCUT2D eigenvalue weighted by atomic mass is 16.5. The number of para-hydroxylation sites is 1. The maximum absolute atomic E-state index is 12.2. The van der Waals surface area contributed by atoms with E-state index < -0.39 is 0 Å². The van der Waals surface area contributed by atoms with Gasteiger partial charge in [0.05, 0.1) is 11.7 Å². The Labute approximate surface area is 147 Å². The SMILES string of the molecule is C[C@@H](NC(=O)CCCC1CCOCC1)c1nnnn1-c1ccccc1. The molecule has 1 aliphatic heterocycles. The van der Waals surface area contributed by atoms with E-state index in [-0.39, 0.29) is 11.9 Å². The number of amides is 1. The number of carbonyl (C=O) groups is 1. The molecule has 0 spiro atoms. The molecule has 0 aliphatic carbocycles. The molecule has 134 valence electrons. The van der Waals surface area contributed by atoms with Gasteiger partial charge in [-0.1, -0.05) is 18.2 Å². The first-order chi connectivity index (χ1) is 12.2. The van der Waals surface area contributed by atoms with Crippen LogP contribution in [0, 0.1) is 5.92 Å². The second-order valence-corrected chi connectivity index (χ2v) is 6.52. The molecule has 0 unspecified atom stereocenters. The van der Waals surface area contributed by atoms with Crippen molar-refractivity contribution < 1.29 is 9.53 Å². The van der Waals surface area contributed by atoms with Crippen LogP contribution in [-0.4, -0.2) is 39.3 Å². The fourth-order valence-corrected chi connectivity index (χ4v) is 3.18. The van der Waals surface area contributed by atoms with Crippen LogP contribution in [0.2, 0.25) is 0 Å². The van der Waals surface area contributed by atoms with Crippen LogP contribution in [-0.2, 0) is 9.53 Å². The van der Waals surface area contributed by atoms with Gasteiger partial charge in [-0.2, -0.15) is 4.68 Å².